The standard InChI is InChI=1S/C17H22N4O2/c1-3-15-10-13(7-8-23-15)17(22)19-14-6-4-5-12(9-14)16-18-11-21(2)20-16/h4-6,9,11,13,15H,3,7-8,10H2,1-2H3,(H,19,22)/t13-,15+/m1/s1. The summed E-state index contributed by atoms with van der Waals surface area (Å²) in [5.74, 6) is 0.740. The van der Waals surface area contributed by atoms with Crippen molar-refractivity contribution in [1.82, 2.24) is 14.8 Å². The Morgan fingerprint density at radius 1 is 1.48 bits per heavy atom. The number of hydrogen-bond acceptors (Lipinski definition) is 4. The van der Waals surface area contributed by atoms with Gasteiger partial charge in [0.2, 0.25) is 5.91 Å². The molecular formula is C17H22N4O2. The van der Waals surface area contributed by atoms with Gasteiger partial charge < -0.3 is 10.1 Å². The molecule has 1 aromatic heterocycles. The van der Waals surface area contributed by atoms with E-state index >= 15 is 0 Å². The van der Waals surface area contributed by atoms with E-state index in [1.54, 1.807) is 11.0 Å². The molecule has 0 saturated carbocycles. The van der Waals surface area contributed by atoms with Crippen LogP contribution in [0.4, 0.5) is 5.69 Å². The minimum atomic E-state index is 0.0188. The Morgan fingerprint density at radius 2 is 2.35 bits per heavy atom. The molecule has 2 heterocycles. The van der Waals surface area contributed by atoms with E-state index in [2.05, 4.69) is 22.3 Å². The minimum absolute atomic E-state index is 0.0188. The first-order chi connectivity index (χ1) is 11.2. The second-order valence-corrected chi connectivity index (χ2v) is 5.93. The molecule has 122 valence electrons. The third-order valence-corrected chi connectivity index (χ3v) is 4.18. The number of aryl methyl sites for hydroxylation is 1. The number of nitrogens with zero attached hydrogens (tertiary/aromatic N) is 3. The van der Waals surface area contributed by atoms with E-state index < -0.39 is 0 Å². The van der Waals surface area contributed by atoms with Crippen LogP contribution >= 0.6 is 0 Å². The van der Waals surface area contributed by atoms with Crippen molar-refractivity contribution in [3.63, 3.8) is 0 Å². The van der Waals surface area contributed by atoms with Gasteiger partial charge in [-0.15, -0.1) is 0 Å². The Bertz CT molecular complexity index is 683. The number of carbonyl (C=O) groups is 1. The van der Waals surface area contributed by atoms with E-state index in [0.717, 1.165) is 30.5 Å². The Morgan fingerprint density at radius 3 is 3.09 bits per heavy atom. The average Bonchev–Trinajstić information content (AvgIpc) is 3.02. The predicted octanol–water partition coefficient (Wildman–Crippen LogP) is 2.63. The fraction of sp³-hybridized carbons (Fsp3) is 0.471. The molecule has 2 aromatic rings. The molecular weight excluding hydrogens is 292 g/mol. The highest BCUT2D eigenvalue weighted by atomic mass is 16.5. The molecule has 6 nitrogen and oxygen atoms in total. The van der Waals surface area contributed by atoms with Gasteiger partial charge in [0, 0.05) is 30.8 Å². The number of benzene rings is 1. The zero-order valence-corrected chi connectivity index (χ0v) is 13.5. The molecule has 0 spiro atoms. The van der Waals surface area contributed by atoms with Crippen LogP contribution < -0.4 is 5.32 Å². The summed E-state index contributed by atoms with van der Waals surface area (Å²) in [6, 6.07) is 7.64. The lowest BCUT2D eigenvalue weighted by molar-refractivity contribution is -0.124. The largest absolute Gasteiger partial charge is 0.378 e. The molecule has 1 saturated heterocycles. The third kappa shape index (κ3) is 3.76. The molecule has 1 amide bonds. The number of amides is 1. The van der Waals surface area contributed by atoms with Gasteiger partial charge in [-0.3, -0.25) is 9.48 Å². The smallest absolute Gasteiger partial charge is 0.227 e. The summed E-state index contributed by atoms with van der Waals surface area (Å²) in [5, 5.41) is 7.30. The maximum Gasteiger partial charge on any atom is 0.227 e. The van der Waals surface area contributed by atoms with Gasteiger partial charge in [-0.1, -0.05) is 19.1 Å². The molecule has 1 aromatic carbocycles. The summed E-state index contributed by atoms with van der Waals surface area (Å²) in [6.07, 6.45) is 4.38. The molecule has 3 rings (SSSR count). The van der Waals surface area contributed by atoms with E-state index in [4.69, 9.17) is 4.74 Å². The van der Waals surface area contributed by atoms with Crippen molar-refractivity contribution in [2.45, 2.75) is 32.3 Å². The van der Waals surface area contributed by atoms with E-state index in [1.165, 1.54) is 0 Å². The highest BCUT2D eigenvalue weighted by Crippen LogP contribution is 2.25. The van der Waals surface area contributed by atoms with Gasteiger partial charge in [0.25, 0.3) is 0 Å². The molecule has 0 radical (unpaired) electrons. The van der Waals surface area contributed by atoms with Crippen LogP contribution in [0.3, 0.4) is 0 Å². The first-order valence-electron chi connectivity index (χ1n) is 8.04. The minimum Gasteiger partial charge on any atom is -0.378 e. The van der Waals surface area contributed by atoms with Crippen molar-refractivity contribution in [1.29, 1.82) is 0 Å². The van der Waals surface area contributed by atoms with Gasteiger partial charge >= 0.3 is 0 Å². The number of ether oxygens (including phenoxy) is 1. The predicted molar refractivity (Wildman–Crippen MR) is 87.8 cm³/mol. The topological polar surface area (TPSA) is 69.0 Å². The number of hydrogen-bond donors (Lipinski definition) is 1. The fourth-order valence-corrected chi connectivity index (χ4v) is 2.85. The van der Waals surface area contributed by atoms with Crippen molar-refractivity contribution in [3.05, 3.63) is 30.6 Å². The van der Waals surface area contributed by atoms with Crippen LogP contribution in [0.2, 0.25) is 0 Å². The van der Waals surface area contributed by atoms with Crippen LogP contribution in [0.15, 0.2) is 30.6 Å². The molecule has 0 aliphatic carbocycles. The summed E-state index contributed by atoms with van der Waals surface area (Å²) < 4.78 is 7.30. The van der Waals surface area contributed by atoms with Crippen molar-refractivity contribution in [3.8, 4) is 11.4 Å². The summed E-state index contributed by atoms with van der Waals surface area (Å²) >= 11 is 0. The lowest BCUT2D eigenvalue weighted by Gasteiger charge is -2.28. The van der Waals surface area contributed by atoms with Crippen LogP contribution in [0.1, 0.15) is 26.2 Å². The molecule has 1 N–H and O–H groups in total. The fourth-order valence-electron chi connectivity index (χ4n) is 2.85. The quantitative estimate of drug-likeness (QED) is 0.942. The maximum absolute atomic E-state index is 12.5. The van der Waals surface area contributed by atoms with Crippen molar-refractivity contribution in [2.24, 2.45) is 13.0 Å². The van der Waals surface area contributed by atoms with Crippen LogP contribution in [-0.2, 0) is 16.6 Å². The molecule has 1 aliphatic rings. The lowest BCUT2D eigenvalue weighted by Crippen LogP contribution is -2.33. The number of rotatable bonds is 4. The van der Waals surface area contributed by atoms with Crippen molar-refractivity contribution < 1.29 is 9.53 Å². The first kappa shape index (κ1) is 15.7. The van der Waals surface area contributed by atoms with Gasteiger partial charge in [0.15, 0.2) is 5.82 Å². The molecule has 2 atom stereocenters. The first-order valence-corrected chi connectivity index (χ1v) is 8.04. The summed E-state index contributed by atoms with van der Waals surface area (Å²) in [5.41, 5.74) is 1.67. The Labute approximate surface area is 135 Å². The van der Waals surface area contributed by atoms with Gasteiger partial charge in [0.1, 0.15) is 6.33 Å². The normalized spacial score (nSPS) is 21.1. The number of anilines is 1. The van der Waals surface area contributed by atoms with Crippen LogP contribution in [0.5, 0.6) is 0 Å². The Kier molecular flexibility index (Phi) is 4.71. The molecule has 23 heavy (non-hydrogen) atoms. The average molecular weight is 314 g/mol. The number of carbonyl (C=O) groups excluding carboxylic acids is 1. The lowest BCUT2D eigenvalue weighted by atomic mass is 9.93. The molecule has 1 aliphatic heterocycles. The van der Waals surface area contributed by atoms with Gasteiger partial charge in [-0.25, -0.2) is 4.98 Å². The molecule has 1 fully saturated rings. The molecule has 0 unspecified atom stereocenters. The summed E-state index contributed by atoms with van der Waals surface area (Å²) in [6.45, 7) is 2.75. The monoisotopic (exact) mass is 314 g/mol. The van der Waals surface area contributed by atoms with Crippen LogP contribution in [0, 0.1) is 5.92 Å². The van der Waals surface area contributed by atoms with Crippen LogP contribution in [0.25, 0.3) is 11.4 Å². The van der Waals surface area contributed by atoms with E-state index in [1.807, 2.05) is 31.3 Å². The van der Waals surface area contributed by atoms with Crippen molar-refractivity contribution >= 4 is 11.6 Å². The summed E-state index contributed by atoms with van der Waals surface area (Å²) in [7, 11) is 1.83. The highest BCUT2D eigenvalue weighted by Gasteiger charge is 2.27. The van der Waals surface area contributed by atoms with E-state index in [-0.39, 0.29) is 17.9 Å². The van der Waals surface area contributed by atoms with Gasteiger partial charge in [-0.2, -0.15) is 5.10 Å². The third-order valence-electron chi connectivity index (χ3n) is 4.18. The van der Waals surface area contributed by atoms with Gasteiger partial charge in [-0.05, 0) is 31.4 Å². The number of aromatic nitrogens is 3. The van der Waals surface area contributed by atoms with Crippen molar-refractivity contribution in [2.75, 3.05) is 11.9 Å². The second kappa shape index (κ2) is 6.91. The molecule has 6 heteroatoms. The SMILES string of the molecule is CC[C@H]1C[C@H](C(=O)Nc2cccc(-c3ncn(C)n3)c2)CCO1. The highest BCUT2D eigenvalue weighted by molar-refractivity contribution is 5.93. The second-order valence-electron chi connectivity index (χ2n) is 5.93. The molecule has 0 bridgehead atoms. The maximum atomic E-state index is 12.5. The van der Waals surface area contributed by atoms with Crippen LogP contribution in [-0.4, -0.2) is 33.4 Å². The Balaban J connectivity index is 1.69. The van der Waals surface area contributed by atoms with Gasteiger partial charge in [0.05, 0.1) is 6.10 Å². The van der Waals surface area contributed by atoms with E-state index in [9.17, 15) is 4.79 Å². The Hall–Kier alpha value is -2.21. The summed E-state index contributed by atoms with van der Waals surface area (Å²) in [4.78, 5) is 16.7. The zero-order chi connectivity index (χ0) is 16.2. The number of nitrogens with one attached hydrogen (secondary N) is 1. The zero-order valence-electron chi connectivity index (χ0n) is 13.5. The van der Waals surface area contributed by atoms with E-state index in [0.29, 0.717) is 12.4 Å².